The predicted octanol–water partition coefficient (Wildman–Crippen LogP) is 4.40. The molecule has 1 aromatic rings. The minimum atomic E-state index is -0.935. The fraction of sp³-hybridized carbons (Fsp3) is 0.640. The molecule has 8 heteroatoms. The zero-order valence-electron chi connectivity index (χ0n) is 21.3. The first-order valence-electron chi connectivity index (χ1n) is 11.5. The first-order chi connectivity index (χ1) is 15.2. The van der Waals surface area contributed by atoms with E-state index in [1.54, 1.807) is 25.7 Å². The van der Waals surface area contributed by atoms with Gasteiger partial charge in [-0.1, -0.05) is 43.2 Å². The molecule has 0 heterocycles. The lowest BCUT2D eigenvalue weighted by molar-refractivity contribution is -0.142. The van der Waals surface area contributed by atoms with Crippen LogP contribution in [0, 0.1) is 6.92 Å². The Bertz CT molecular complexity index is 815. The second-order valence-electron chi connectivity index (χ2n) is 10.3. The Kier molecular flexibility index (Phi) is 10.7. The van der Waals surface area contributed by atoms with Crippen LogP contribution in [0.2, 0.25) is 0 Å². The van der Waals surface area contributed by atoms with Crippen molar-refractivity contribution in [3.05, 3.63) is 35.4 Å². The maximum atomic E-state index is 13.7. The standard InChI is InChI=1S/C25H41N3O4S/c1-9-10-14-28(22(30)19(16-33)26-23(31)32-25(6,7)8)20(21(29)27-24(3,4)5)18-13-11-12-17(2)15-18/h11-13,15,19-20,33H,9-10,14,16H2,1-8H3,(H,26,31)(H,27,29). The highest BCUT2D eigenvalue weighted by atomic mass is 32.1. The van der Waals surface area contributed by atoms with E-state index < -0.39 is 29.3 Å². The van der Waals surface area contributed by atoms with Crippen molar-refractivity contribution in [1.29, 1.82) is 0 Å². The number of alkyl carbamates (subject to hydrolysis) is 1. The second kappa shape index (κ2) is 12.3. The fourth-order valence-electron chi connectivity index (χ4n) is 3.28. The number of unbranched alkanes of at least 4 members (excludes halogenated alkanes) is 1. The van der Waals surface area contributed by atoms with Gasteiger partial charge >= 0.3 is 6.09 Å². The molecule has 0 aromatic heterocycles. The fourth-order valence-corrected chi connectivity index (χ4v) is 3.53. The third-order valence-electron chi connectivity index (χ3n) is 4.62. The van der Waals surface area contributed by atoms with Crippen LogP contribution in [0.3, 0.4) is 0 Å². The summed E-state index contributed by atoms with van der Waals surface area (Å²) in [6, 6.07) is 5.81. The zero-order chi connectivity index (χ0) is 25.4. The largest absolute Gasteiger partial charge is 0.444 e. The molecular formula is C25H41N3O4S. The quantitative estimate of drug-likeness (QED) is 0.458. The Hall–Kier alpha value is -2.22. The van der Waals surface area contributed by atoms with Crippen LogP contribution in [0.15, 0.2) is 24.3 Å². The molecule has 0 fully saturated rings. The van der Waals surface area contributed by atoms with E-state index in [1.807, 2.05) is 58.9 Å². The first kappa shape index (κ1) is 28.8. The maximum absolute atomic E-state index is 13.7. The van der Waals surface area contributed by atoms with Gasteiger partial charge in [-0.2, -0.15) is 12.6 Å². The SMILES string of the molecule is CCCCN(C(=O)C(CS)NC(=O)OC(C)(C)C)C(C(=O)NC(C)(C)C)c1cccc(C)c1. The van der Waals surface area contributed by atoms with Crippen LogP contribution >= 0.6 is 12.6 Å². The van der Waals surface area contributed by atoms with E-state index in [4.69, 9.17) is 4.74 Å². The number of benzene rings is 1. The van der Waals surface area contributed by atoms with Crippen molar-refractivity contribution < 1.29 is 19.1 Å². The van der Waals surface area contributed by atoms with Gasteiger partial charge in [-0.25, -0.2) is 4.79 Å². The van der Waals surface area contributed by atoms with Gasteiger partial charge in [-0.3, -0.25) is 9.59 Å². The summed E-state index contributed by atoms with van der Waals surface area (Å²) in [6.07, 6.45) is 0.857. The number of nitrogens with zero attached hydrogens (tertiary/aromatic N) is 1. The van der Waals surface area contributed by atoms with E-state index >= 15 is 0 Å². The molecule has 0 aliphatic carbocycles. The molecule has 0 bridgehead atoms. The number of hydrogen-bond donors (Lipinski definition) is 3. The summed E-state index contributed by atoms with van der Waals surface area (Å²) in [5, 5.41) is 5.64. The minimum Gasteiger partial charge on any atom is -0.444 e. The lowest BCUT2D eigenvalue weighted by Gasteiger charge is -2.36. The number of rotatable bonds is 9. The van der Waals surface area contributed by atoms with Crippen LogP contribution in [0.1, 0.15) is 78.5 Å². The summed E-state index contributed by atoms with van der Waals surface area (Å²) in [7, 11) is 0. The zero-order valence-corrected chi connectivity index (χ0v) is 22.2. The Morgan fingerprint density at radius 1 is 1.12 bits per heavy atom. The third kappa shape index (κ3) is 10.1. The summed E-state index contributed by atoms with van der Waals surface area (Å²) in [5.74, 6) is -0.574. The lowest BCUT2D eigenvalue weighted by atomic mass is 9.99. The van der Waals surface area contributed by atoms with Crippen molar-refractivity contribution in [1.82, 2.24) is 15.5 Å². The molecule has 0 radical (unpaired) electrons. The highest BCUT2D eigenvalue weighted by molar-refractivity contribution is 7.80. The van der Waals surface area contributed by atoms with Gasteiger partial charge < -0.3 is 20.3 Å². The Morgan fingerprint density at radius 3 is 2.24 bits per heavy atom. The number of carbonyl (C=O) groups is 3. The summed E-state index contributed by atoms with van der Waals surface area (Å²) in [5.41, 5.74) is 0.529. The van der Waals surface area contributed by atoms with Gasteiger partial charge in [0.15, 0.2) is 0 Å². The van der Waals surface area contributed by atoms with Crippen LogP contribution in [0.5, 0.6) is 0 Å². The van der Waals surface area contributed by atoms with E-state index in [0.717, 1.165) is 17.5 Å². The number of thiol groups is 1. The molecule has 33 heavy (non-hydrogen) atoms. The molecule has 0 aliphatic heterocycles. The summed E-state index contributed by atoms with van der Waals surface area (Å²) >= 11 is 4.30. The number of ether oxygens (including phenoxy) is 1. The van der Waals surface area contributed by atoms with Crippen molar-refractivity contribution in [3.8, 4) is 0 Å². The van der Waals surface area contributed by atoms with Crippen LogP contribution in [-0.2, 0) is 14.3 Å². The predicted molar refractivity (Wildman–Crippen MR) is 135 cm³/mol. The molecule has 1 aromatic carbocycles. The number of hydrogen-bond acceptors (Lipinski definition) is 5. The van der Waals surface area contributed by atoms with E-state index in [9.17, 15) is 14.4 Å². The molecule has 1 rings (SSSR count). The van der Waals surface area contributed by atoms with E-state index in [1.165, 1.54) is 0 Å². The number of carbonyl (C=O) groups excluding carboxylic acids is 3. The van der Waals surface area contributed by atoms with Crippen molar-refractivity contribution in [3.63, 3.8) is 0 Å². The van der Waals surface area contributed by atoms with Gasteiger partial charge in [0.1, 0.15) is 17.7 Å². The molecule has 2 unspecified atom stereocenters. The van der Waals surface area contributed by atoms with Crippen molar-refractivity contribution in [2.75, 3.05) is 12.3 Å². The van der Waals surface area contributed by atoms with Gasteiger partial charge in [0.05, 0.1) is 0 Å². The van der Waals surface area contributed by atoms with Gasteiger partial charge in [-0.15, -0.1) is 0 Å². The average Bonchev–Trinajstić information content (AvgIpc) is 2.65. The minimum absolute atomic E-state index is 0.0716. The molecule has 0 aliphatic rings. The van der Waals surface area contributed by atoms with E-state index in [-0.39, 0.29) is 17.6 Å². The first-order valence-corrected chi connectivity index (χ1v) is 12.1. The highest BCUT2D eigenvalue weighted by Crippen LogP contribution is 2.25. The highest BCUT2D eigenvalue weighted by Gasteiger charge is 2.36. The maximum Gasteiger partial charge on any atom is 0.408 e. The van der Waals surface area contributed by atoms with Gasteiger partial charge in [0.25, 0.3) is 0 Å². The molecule has 0 spiro atoms. The number of nitrogens with one attached hydrogen (secondary N) is 2. The molecule has 186 valence electrons. The normalized spacial score (nSPS) is 13.6. The third-order valence-corrected chi connectivity index (χ3v) is 4.99. The monoisotopic (exact) mass is 479 g/mol. The van der Waals surface area contributed by atoms with Gasteiger partial charge in [0, 0.05) is 17.8 Å². The van der Waals surface area contributed by atoms with Crippen molar-refractivity contribution >= 4 is 30.5 Å². The molecule has 3 amide bonds. The molecular weight excluding hydrogens is 438 g/mol. The summed E-state index contributed by atoms with van der Waals surface area (Å²) in [6.45, 7) is 15.3. The second-order valence-corrected chi connectivity index (χ2v) is 10.7. The Balaban J connectivity index is 3.39. The number of amides is 3. The van der Waals surface area contributed by atoms with Crippen LogP contribution in [0.4, 0.5) is 4.79 Å². The van der Waals surface area contributed by atoms with E-state index in [2.05, 4.69) is 23.3 Å². The van der Waals surface area contributed by atoms with Gasteiger partial charge in [0.2, 0.25) is 11.8 Å². The molecule has 0 saturated heterocycles. The smallest absolute Gasteiger partial charge is 0.408 e. The summed E-state index contributed by atoms with van der Waals surface area (Å²) < 4.78 is 5.32. The van der Waals surface area contributed by atoms with Crippen LogP contribution in [0.25, 0.3) is 0 Å². The Labute approximate surface area is 204 Å². The average molecular weight is 480 g/mol. The number of aryl methyl sites for hydroxylation is 1. The van der Waals surface area contributed by atoms with Crippen LogP contribution in [-0.4, -0.2) is 52.3 Å². The van der Waals surface area contributed by atoms with Crippen LogP contribution < -0.4 is 10.6 Å². The topological polar surface area (TPSA) is 87.7 Å². The van der Waals surface area contributed by atoms with Crippen molar-refractivity contribution in [2.24, 2.45) is 0 Å². The molecule has 0 saturated carbocycles. The summed E-state index contributed by atoms with van der Waals surface area (Å²) in [4.78, 5) is 41.1. The molecule has 2 N–H and O–H groups in total. The lowest BCUT2D eigenvalue weighted by Crippen LogP contribution is -2.55. The molecule has 7 nitrogen and oxygen atoms in total. The van der Waals surface area contributed by atoms with Crippen molar-refractivity contribution in [2.45, 2.75) is 91.5 Å². The Morgan fingerprint density at radius 2 is 1.76 bits per heavy atom. The van der Waals surface area contributed by atoms with E-state index in [0.29, 0.717) is 13.0 Å². The molecule has 2 atom stereocenters. The van der Waals surface area contributed by atoms with Gasteiger partial charge in [-0.05, 0) is 60.5 Å².